The Hall–Kier alpha value is -2.01. The van der Waals surface area contributed by atoms with Gasteiger partial charge in [0.15, 0.2) is 17.6 Å². The van der Waals surface area contributed by atoms with Crippen LogP contribution in [-0.4, -0.2) is 19.1 Å². The molecular weight excluding hydrogens is 346 g/mol. The number of hydrogen-bond acceptors (Lipinski definition) is 3. The van der Waals surface area contributed by atoms with Gasteiger partial charge in [0.2, 0.25) is 0 Å². The highest BCUT2D eigenvalue weighted by atomic mass is 79.9. The Labute approximate surface area is 138 Å². The molecule has 2 rings (SSSR count). The third kappa shape index (κ3) is 4.24. The van der Waals surface area contributed by atoms with Gasteiger partial charge in [-0.25, -0.2) is 0 Å². The van der Waals surface area contributed by atoms with Crippen LogP contribution in [0.4, 0.5) is 5.69 Å². The monoisotopic (exact) mass is 363 g/mol. The Morgan fingerprint density at radius 3 is 2.36 bits per heavy atom. The second kappa shape index (κ2) is 7.84. The number of carbonyl (C=O) groups is 1. The molecule has 0 radical (unpaired) electrons. The van der Waals surface area contributed by atoms with Crippen LogP contribution in [0.2, 0.25) is 0 Å². The summed E-state index contributed by atoms with van der Waals surface area (Å²) in [6.07, 6.45) is -0.0274. The van der Waals surface area contributed by atoms with Crippen molar-refractivity contribution < 1.29 is 14.3 Å². The van der Waals surface area contributed by atoms with Crippen LogP contribution >= 0.6 is 15.9 Å². The number of hydrogen-bond donors (Lipinski definition) is 1. The van der Waals surface area contributed by atoms with Gasteiger partial charge in [-0.15, -0.1) is 0 Å². The average Bonchev–Trinajstić information content (AvgIpc) is 2.55. The molecule has 0 spiro atoms. The minimum absolute atomic E-state index is 0.185. The Balaban J connectivity index is 2.07. The van der Waals surface area contributed by atoms with Crippen molar-refractivity contribution in [3.8, 4) is 11.5 Å². The standard InChI is InChI=1S/C17H18BrNO3/c1-3-14(22-16-7-5-4-6-15(16)21-2)17(20)19-13-10-8-12(18)9-11-13/h4-11,14H,3H2,1-2H3,(H,19,20)/t14-/m0/s1. The molecule has 0 aliphatic carbocycles. The smallest absolute Gasteiger partial charge is 0.265 e. The number of carbonyl (C=O) groups excluding carboxylic acids is 1. The maximum Gasteiger partial charge on any atom is 0.265 e. The second-order valence-corrected chi connectivity index (χ2v) is 5.58. The maximum atomic E-state index is 12.3. The molecule has 2 aromatic carbocycles. The normalized spacial score (nSPS) is 11.6. The lowest BCUT2D eigenvalue weighted by atomic mass is 10.2. The van der Waals surface area contributed by atoms with Gasteiger partial charge in [-0.1, -0.05) is 35.0 Å². The van der Waals surface area contributed by atoms with Crippen LogP contribution in [0.5, 0.6) is 11.5 Å². The van der Waals surface area contributed by atoms with E-state index in [1.165, 1.54) is 0 Å². The summed E-state index contributed by atoms with van der Waals surface area (Å²) in [4.78, 5) is 12.3. The minimum atomic E-state index is -0.583. The Morgan fingerprint density at radius 2 is 1.77 bits per heavy atom. The van der Waals surface area contributed by atoms with Gasteiger partial charge >= 0.3 is 0 Å². The van der Waals surface area contributed by atoms with Crippen molar-refractivity contribution in [2.75, 3.05) is 12.4 Å². The van der Waals surface area contributed by atoms with Crippen molar-refractivity contribution in [3.05, 3.63) is 53.0 Å². The molecule has 5 heteroatoms. The number of para-hydroxylation sites is 2. The first kappa shape index (κ1) is 16.4. The topological polar surface area (TPSA) is 47.6 Å². The number of ether oxygens (including phenoxy) is 2. The molecule has 0 aliphatic rings. The molecule has 0 aromatic heterocycles. The van der Waals surface area contributed by atoms with Gasteiger partial charge in [-0.2, -0.15) is 0 Å². The summed E-state index contributed by atoms with van der Waals surface area (Å²) in [6, 6.07) is 14.7. The van der Waals surface area contributed by atoms with E-state index in [-0.39, 0.29) is 5.91 Å². The number of anilines is 1. The van der Waals surface area contributed by atoms with Crippen molar-refractivity contribution in [1.29, 1.82) is 0 Å². The molecule has 1 atom stereocenters. The fraction of sp³-hybridized carbons (Fsp3) is 0.235. The second-order valence-electron chi connectivity index (χ2n) is 4.66. The summed E-state index contributed by atoms with van der Waals surface area (Å²) < 4.78 is 12.0. The van der Waals surface area contributed by atoms with E-state index in [1.54, 1.807) is 19.2 Å². The van der Waals surface area contributed by atoms with Gasteiger partial charge in [0.05, 0.1) is 7.11 Å². The van der Waals surface area contributed by atoms with E-state index >= 15 is 0 Å². The van der Waals surface area contributed by atoms with Crippen LogP contribution in [0.25, 0.3) is 0 Å². The van der Waals surface area contributed by atoms with Crippen molar-refractivity contribution in [2.45, 2.75) is 19.4 Å². The Kier molecular flexibility index (Phi) is 5.83. The van der Waals surface area contributed by atoms with E-state index in [4.69, 9.17) is 9.47 Å². The number of halogens is 1. The predicted octanol–water partition coefficient (Wildman–Crippen LogP) is 4.25. The summed E-state index contributed by atoms with van der Waals surface area (Å²) in [6.45, 7) is 1.90. The van der Waals surface area contributed by atoms with Gasteiger partial charge in [-0.05, 0) is 42.8 Å². The summed E-state index contributed by atoms with van der Waals surface area (Å²) in [7, 11) is 1.57. The van der Waals surface area contributed by atoms with E-state index in [1.807, 2.05) is 43.3 Å². The summed E-state index contributed by atoms with van der Waals surface area (Å²) >= 11 is 3.36. The number of benzene rings is 2. The van der Waals surface area contributed by atoms with E-state index < -0.39 is 6.10 Å². The fourth-order valence-corrected chi connectivity index (χ4v) is 2.21. The SMILES string of the molecule is CC[C@H](Oc1ccccc1OC)C(=O)Nc1ccc(Br)cc1. The summed E-state index contributed by atoms with van der Waals surface area (Å²) in [5.74, 6) is 0.982. The molecule has 0 heterocycles. The number of methoxy groups -OCH3 is 1. The molecule has 2 aromatic rings. The van der Waals surface area contributed by atoms with Gasteiger partial charge in [0, 0.05) is 10.2 Å². The van der Waals surface area contributed by atoms with Crippen molar-refractivity contribution in [1.82, 2.24) is 0 Å². The lowest BCUT2D eigenvalue weighted by Crippen LogP contribution is -2.32. The molecule has 0 saturated carbocycles. The van der Waals surface area contributed by atoms with E-state index in [9.17, 15) is 4.79 Å². The minimum Gasteiger partial charge on any atom is -0.493 e. The quantitative estimate of drug-likeness (QED) is 0.834. The van der Waals surface area contributed by atoms with Gasteiger partial charge in [-0.3, -0.25) is 4.79 Å². The number of nitrogens with one attached hydrogen (secondary N) is 1. The van der Waals surface area contributed by atoms with Crippen molar-refractivity contribution >= 4 is 27.5 Å². The molecule has 0 aliphatic heterocycles. The summed E-state index contributed by atoms with van der Waals surface area (Å²) in [5, 5.41) is 2.85. The summed E-state index contributed by atoms with van der Waals surface area (Å²) in [5.41, 5.74) is 0.732. The zero-order valence-electron chi connectivity index (χ0n) is 12.5. The molecular formula is C17H18BrNO3. The number of rotatable bonds is 6. The van der Waals surface area contributed by atoms with Crippen molar-refractivity contribution in [3.63, 3.8) is 0 Å². The molecule has 0 fully saturated rings. The fourth-order valence-electron chi connectivity index (χ4n) is 1.95. The van der Waals surface area contributed by atoms with Gasteiger partial charge < -0.3 is 14.8 Å². The van der Waals surface area contributed by atoms with Crippen LogP contribution in [0.15, 0.2) is 53.0 Å². The maximum absolute atomic E-state index is 12.3. The van der Waals surface area contributed by atoms with E-state index in [2.05, 4.69) is 21.2 Å². The van der Waals surface area contributed by atoms with E-state index in [0.29, 0.717) is 17.9 Å². The first-order valence-electron chi connectivity index (χ1n) is 7.00. The van der Waals surface area contributed by atoms with Crippen LogP contribution in [0.1, 0.15) is 13.3 Å². The van der Waals surface area contributed by atoms with Gasteiger partial charge in [0.1, 0.15) is 0 Å². The zero-order valence-corrected chi connectivity index (χ0v) is 14.1. The van der Waals surface area contributed by atoms with Crippen LogP contribution < -0.4 is 14.8 Å². The third-order valence-electron chi connectivity index (χ3n) is 3.11. The predicted molar refractivity (Wildman–Crippen MR) is 90.5 cm³/mol. The van der Waals surface area contributed by atoms with Crippen LogP contribution in [0, 0.1) is 0 Å². The molecule has 22 heavy (non-hydrogen) atoms. The van der Waals surface area contributed by atoms with Gasteiger partial charge in [0.25, 0.3) is 5.91 Å². The Bertz CT molecular complexity index is 628. The molecule has 0 unspecified atom stereocenters. The largest absolute Gasteiger partial charge is 0.493 e. The molecule has 1 amide bonds. The van der Waals surface area contributed by atoms with Crippen LogP contribution in [-0.2, 0) is 4.79 Å². The highest BCUT2D eigenvalue weighted by molar-refractivity contribution is 9.10. The molecule has 116 valence electrons. The Morgan fingerprint density at radius 1 is 1.14 bits per heavy atom. The highest BCUT2D eigenvalue weighted by Crippen LogP contribution is 2.27. The van der Waals surface area contributed by atoms with Crippen LogP contribution in [0.3, 0.4) is 0 Å². The van der Waals surface area contributed by atoms with E-state index in [0.717, 1.165) is 10.2 Å². The lowest BCUT2D eigenvalue weighted by Gasteiger charge is -2.18. The zero-order chi connectivity index (χ0) is 15.9. The number of amides is 1. The first-order valence-corrected chi connectivity index (χ1v) is 7.79. The molecule has 1 N–H and O–H groups in total. The average molecular weight is 364 g/mol. The third-order valence-corrected chi connectivity index (χ3v) is 3.64. The first-order chi connectivity index (χ1) is 10.6. The molecule has 0 bridgehead atoms. The lowest BCUT2D eigenvalue weighted by molar-refractivity contribution is -0.122. The van der Waals surface area contributed by atoms with Crippen molar-refractivity contribution in [2.24, 2.45) is 0 Å². The molecule has 0 saturated heterocycles. The molecule has 4 nitrogen and oxygen atoms in total. The highest BCUT2D eigenvalue weighted by Gasteiger charge is 2.20.